The highest BCUT2D eigenvalue weighted by Gasteiger charge is 2.08. The fraction of sp³-hybridized carbons (Fsp3) is 0.231. The summed E-state index contributed by atoms with van der Waals surface area (Å²) in [7, 11) is 0. The number of rotatable bonds is 5. The summed E-state index contributed by atoms with van der Waals surface area (Å²) < 4.78 is 1.91. The highest BCUT2D eigenvalue weighted by atomic mass is 32.1. The third-order valence-corrected chi connectivity index (χ3v) is 3.69. The molecular weight excluding hydrogens is 288 g/mol. The maximum atomic E-state index is 11.8. The Balaban J connectivity index is 1.53. The fourth-order valence-corrected chi connectivity index (χ4v) is 2.57. The van der Waals surface area contributed by atoms with Crippen LogP contribution in [0.1, 0.15) is 11.5 Å². The summed E-state index contributed by atoms with van der Waals surface area (Å²) in [4.78, 5) is 15.8. The lowest BCUT2D eigenvalue weighted by molar-refractivity contribution is -0.120. The highest BCUT2D eigenvalue weighted by molar-refractivity contribution is 7.13. The molecule has 8 heteroatoms. The van der Waals surface area contributed by atoms with Crippen molar-refractivity contribution in [2.75, 3.05) is 12.3 Å². The molecule has 0 bridgehead atoms. The number of thiazole rings is 1. The lowest BCUT2D eigenvalue weighted by Gasteiger charge is -2.03. The zero-order chi connectivity index (χ0) is 14.7. The summed E-state index contributed by atoms with van der Waals surface area (Å²) in [5.41, 5.74) is 7.03. The molecule has 0 fully saturated rings. The number of carbonyl (C=O) groups excluding carboxylic acids is 1. The van der Waals surface area contributed by atoms with Crippen LogP contribution in [-0.2, 0) is 17.6 Å². The van der Waals surface area contributed by atoms with Crippen LogP contribution in [-0.4, -0.2) is 32.0 Å². The van der Waals surface area contributed by atoms with Gasteiger partial charge in [-0.2, -0.15) is 0 Å². The van der Waals surface area contributed by atoms with E-state index in [2.05, 4.69) is 20.5 Å². The van der Waals surface area contributed by atoms with E-state index in [4.69, 9.17) is 5.73 Å². The summed E-state index contributed by atoms with van der Waals surface area (Å²) in [6.07, 6.45) is 2.77. The van der Waals surface area contributed by atoms with Crippen LogP contribution < -0.4 is 11.1 Å². The Hall–Kier alpha value is -2.48. The number of nitrogens with zero attached hydrogens (tertiary/aromatic N) is 4. The van der Waals surface area contributed by atoms with Crippen molar-refractivity contribution in [1.82, 2.24) is 24.9 Å². The number of aromatic nitrogens is 4. The molecule has 0 spiro atoms. The van der Waals surface area contributed by atoms with Crippen LogP contribution in [0.4, 0.5) is 5.13 Å². The third kappa shape index (κ3) is 3.16. The highest BCUT2D eigenvalue weighted by Crippen LogP contribution is 2.11. The fourth-order valence-electron chi connectivity index (χ4n) is 2.01. The molecule has 0 atom stereocenters. The van der Waals surface area contributed by atoms with Crippen LogP contribution in [0.25, 0.3) is 5.65 Å². The van der Waals surface area contributed by atoms with Gasteiger partial charge in [0.05, 0.1) is 12.1 Å². The largest absolute Gasteiger partial charge is 0.375 e. The van der Waals surface area contributed by atoms with Gasteiger partial charge in [0.2, 0.25) is 5.91 Å². The van der Waals surface area contributed by atoms with Gasteiger partial charge in [0.25, 0.3) is 0 Å². The number of amides is 1. The van der Waals surface area contributed by atoms with Crippen LogP contribution in [0.2, 0.25) is 0 Å². The average molecular weight is 302 g/mol. The van der Waals surface area contributed by atoms with E-state index in [1.165, 1.54) is 11.3 Å². The molecule has 3 rings (SSSR count). The average Bonchev–Trinajstić information content (AvgIpc) is 3.06. The molecule has 0 aliphatic rings. The Bertz CT molecular complexity index is 765. The quantitative estimate of drug-likeness (QED) is 0.722. The Morgan fingerprint density at radius 3 is 3.10 bits per heavy atom. The molecular formula is C13H14N6OS. The van der Waals surface area contributed by atoms with E-state index in [1.807, 2.05) is 28.8 Å². The summed E-state index contributed by atoms with van der Waals surface area (Å²) in [5, 5.41) is 13.3. The van der Waals surface area contributed by atoms with Crippen molar-refractivity contribution in [3.63, 3.8) is 0 Å². The standard InChI is InChI=1S/C13H14N6OS/c14-13-16-9(8-21-13)7-12(20)15-5-4-11-18-17-10-3-1-2-6-19(10)11/h1-3,6,8H,4-5,7H2,(H2,14,16)(H,15,20). The van der Waals surface area contributed by atoms with Crippen molar-refractivity contribution in [1.29, 1.82) is 0 Å². The number of pyridine rings is 1. The van der Waals surface area contributed by atoms with Gasteiger partial charge in [0, 0.05) is 24.5 Å². The van der Waals surface area contributed by atoms with Gasteiger partial charge >= 0.3 is 0 Å². The molecule has 0 unspecified atom stereocenters. The molecule has 7 nitrogen and oxygen atoms in total. The number of anilines is 1. The zero-order valence-electron chi connectivity index (χ0n) is 11.2. The molecule has 3 aromatic heterocycles. The van der Waals surface area contributed by atoms with Crippen LogP contribution >= 0.6 is 11.3 Å². The predicted octanol–water partition coefficient (Wildman–Crippen LogP) is 0.669. The van der Waals surface area contributed by atoms with E-state index in [1.54, 1.807) is 5.38 Å². The van der Waals surface area contributed by atoms with Crippen molar-refractivity contribution in [2.24, 2.45) is 0 Å². The second-order valence-corrected chi connectivity index (χ2v) is 5.39. The molecule has 0 aliphatic heterocycles. The number of nitrogen functional groups attached to an aromatic ring is 1. The van der Waals surface area contributed by atoms with Gasteiger partial charge in [-0.05, 0) is 12.1 Å². The maximum absolute atomic E-state index is 11.8. The van der Waals surface area contributed by atoms with E-state index >= 15 is 0 Å². The minimum Gasteiger partial charge on any atom is -0.375 e. The molecule has 3 heterocycles. The number of nitrogens with two attached hydrogens (primary N) is 1. The van der Waals surface area contributed by atoms with Crippen molar-refractivity contribution < 1.29 is 4.79 Å². The molecule has 0 saturated carbocycles. The van der Waals surface area contributed by atoms with Gasteiger partial charge in [0.1, 0.15) is 5.82 Å². The van der Waals surface area contributed by atoms with Crippen LogP contribution in [0.15, 0.2) is 29.8 Å². The molecule has 0 aliphatic carbocycles. The number of hydrogen-bond acceptors (Lipinski definition) is 6. The molecule has 3 N–H and O–H groups in total. The first kappa shape index (κ1) is 13.5. The lowest BCUT2D eigenvalue weighted by Crippen LogP contribution is -2.27. The molecule has 21 heavy (non-hydrogen) atoms. The number of carbonyl (C=O) groups is 1. The molecule has 0 saturated heterocycles. The van der Waals surface area contributed by atoms with E-state index in [-0.39, 0.29) is 12.3 Å². The second kappa shape index (κ2) is 5.88. The van der Waals surface area contributed by atoms with Crippen LogP contribution in [0.3, 0.4) is 0 Å². The van der Waals surface area contributed by atoms with E-state index in [0.29, 0.717) is 23.8 Å². The van der Waals surface area contributed by atoms with Gasteiger partial charge in [-0.3, -0.25) is 9.20 Å². The van der Waals surface area contributed by atoms with E-state index < -0.39 is 0 Å². The first-order chi connectivity index (χ1) is 10.2. The Morgan fingerprint density at radius 1 is 1.38 bits per heavy atom. The minimum atomic E-state index is -0.0749. The normalized spacial score (nSPS) is 10.9. The summed E-state index contributed by atoms with van der Waals surface area (Å²) in [6, 6.07) is 5.72. The van der Waals surface area contributed by atoms with Crippen molar-refractivity contribution in [2.45, 2.75) is 12.8 Å². The smallest absolute Gasteiger partial charge is 0.226 e. The molecule has 0 radical (unpaired) electrons. The minimum absolute atomic E-state index is 0.0749. The first-order valence-electron chi connectivity index (χ1n) is 6.47. The zero-order valence-corrected chi connectivity index (χ0v) is 12.0. The monoisotopic (exact) mass is 302 g/mol. The number of fused-ring (bicyclic) bond motifs is 1. The topological polar surface area (TPSA) is 98.2 Å². The second-order valence-electron chi connectivity index (χ2n) is 4.50. The van der Waals surface area contributed by atoms with Gasteiger partial charge in [-0.25, -0.2) is 4.98 Å². The summed E-state index contributed by atoms with van der Waals surface area (Å²) in [6.45, 7) is 0.508. The van der Waals surface area contributed by atoms with Gasteiger partial charge in [-0.15, -0.1) is 21.5 Å². The molecule has 0 aromatic carbocycles. The van der Waals surface area contributed by atoms with Crippen LogP contribution in [0, 0.1) is 0 Å². The maximum Gasteiger partial charge on any atom is 0.226 e. The predicted molar refractivity (Wildman–Crippen MR) is 79.9 cm³/mol. The Kier molecular flexibility index (Phi) is 3.78. The Morgan fingerprint density at radius 2 is 2.29 bits per heavy atom. The van der Waals surface area contributed by atoms with Gasteiger partial charge < -0.3 is 11.1 Å². The lowest BCUT2D eigenvalue weighted by atomic mass is 10.3. The number of nitrogens with one attached hydrogen (secondary N) is 1. The molecule has 108 valence electrons. The van der Waals surface area contributed by atoms with Crippen molar-refractivity contribution in [3.05, 3.63) is 41.3 Å². The molecule has 3 aromatic rings. The number of hydrogen-bond donors (Lipinski definition) is 2. The van der Waals surface area contributed by atoms with Crippen LogP contribution in [0.5, 0.6) is 0 Å². The van der Waals surface area contributed by atoms with Gasteiger partial charge in [-0.1, -0.05) is 6.07 Å². The third-order valence-electron chi connectivity index (χ3n) is 2.97. The summed E-state index contributed by atoms with van der Waals surface area (Å²) >= 11 is 1.33. The van der Waals surface area contributed by atoms with Gasteiger partial charge in [0.15, 0.2) is 10.8 Å². The van der Waals surface area contributed by atoms with Crippen molar-refractivity contribution >= 4 is 28.0 Å². The SMILES string of the molecule is Nc1nc(CC(=O)NCCc2nnc3ccccn23)cs1. The van der Waals surface area contributed by atoms with E-state index in [0.717, 1.165) is 11.5 Å². The Labute approximate surface area is 124 Å². The summed E-state index contributed by atoms with van der Waals surface area (Å²) in [5.74, 6) is 0.748. The van der Waals surface area contributed by atoms with E-state index in [9.17, 15) is 4.79 Å². The van der Waals surface area contributed by atoms with Crippen molar-refractivity contribution in [3.8, 4) is 0 Å². The first-order valence-corrected chi connectivity index (χ1v) is 7.35. The molecule has 1 amide bonds.